The largest absolute Gasteiger partial charge is 0.324 e. The first kappa shape index (κ1) is 17.1. The average Bonchev–Trinajstić information content (AvgIpc) is 3.16. The normalized spacial score (nSPS) is 47.4. The summed E-state index contributed by atoms with van der Waals surface area (Å²) in [4.78, 5) is 0. The maximum atomic E-state index is 2.77. The van der Waals surface area contributed by atoms with Crippen molar-refractivity contribution in [2.45, 2.75) is 41.5 Å². The van der Waals surface area contributed by atoms with E-state index in [0.717, 1.165) is 29.6 Å². The van der Waals surface area contributed by atoms with E-state index in [1.165, 1.54) is 61.3 Å². The zero-order chi connectivity index (χ0) is 17.3. The number of quaternary nitrogens is 2. The molecule has 0 N–H and O–H groups in total. The van der Waals surface area contributed by atoms with Crippen LogP contribution in [0.25, 0.3) is 0 Å². The van der Waals surface area contributed by atoms with Gasteiger partial charge in [-0.15, -0.1) is 0 Å². The number of nitrogens with zero attached hydrogens (tertiary/aromatic N) is 2. The van der Waals surface area contributed by atoms with Crippen molar-refractivity contribution in [2.75, 3.05) is 52.4 Å². The van der Waals surface area contributed by atoms with Crippen LogP contribution in [-0.4, -0.2) is 61.3 Å². The number of hydrogen-bond acceptors (Lipinski definition) is 0. The molecule has 1 saturated carbocycles. The van der Waals surface area contributed by atoms with Crippen LogP contribution in [0, 0.1) is 35.0 Å². The van der Waals surface area contributed by atoms with Crippen LogP contribution in [0.4, 0.5) is 0 Å². The van der Waals surface area contributed by atoms with E-state index in [2.05, 4.69) is 47.6 Å². The number of allylic oxidation sites excluding steroid dienone is 2. The number of rotatable bonds is 4. The van der Waals surface area contributed by atoms with Gasteiger partial charge in [-0.3, -0.25) is 0 Å². The lowest BCUT2D eigenvalue weighted by Crippen LogP contribution is -2.55. The van der Waals surface area contributed by atoms with Crippen LogP contribution in [0.2, 0.25) is 0 Å². The molecule has 0 aromatic rings. The standard InChI is InChI=1S/C22H40N2/c1-7-23(8-2)12-17-19(14-23)22(6)11-16(5)21(17)18-13-24(9-3,10-4)15-20(18)22/h11,17-21H,7-10,12-15H2,1-6H3/q+2. The summed E-state index contributed by atoms with van der Waals surface area (Å²) < 4.78 is 2.78. The van der Waals surface area contributed by atoms with Gasteiger partial charge < -0.3 is 8.97 Å². The lowest BCUT2D eigenvalue weighted by atomic mass is 9.46. The van der Waals surface area contributed by atoms with Crippen molar-refractivity contribution < 1.29 is 8.97 Å². The molecule has 4 atom stereocenters. The topological polar surface area (TPSA) is 0 Å². The van der Waals surface area contributed by atoms with E-state index in [4.69, 9.17) is 0 Å². The highest BCUT2D eigenvalue weighted by Crippen LogP contribution is 2.65. The van der Waals surface area contributed by atoms with E-state index in [-0.39, 0.29) is 0 Å². The molecule has 2 aliphatic heterocycles. The van der Waals surface area contributed by atoms with Gasteiger partial charge in [-0.2, -0.15) is 0 Å². The Bertz CT molecular complexity index is 504. The Balaban J connectivity index is 1.74. The molecule has 2 nitrogen and oxygen atoms in total. The second-order valence-electron chi connectivity index (χ2n) is 10.00. The Morgan fingerprint density at radius 2 is 1.25 bits per heavy atom. The summed E-state index contributed by atoms with van der Waals surface area (Å²) >= 11 is 0. The molecule has 24 heavy (non-hydrogen) atoms. The van der Waals surface area contributed by atoms with E-state index in [1.807, 2.05) is 0 Å². The first-order valence-corrected chi connectivity index (χ1v) is 10.8. The van der Waals surface area contributed by atoms with Gasteiger partial charge in [0.15, 0.2) is 0 Å². The van der Waals surface area contributed by atoms with Gasteiger partial charge in [0.05, 0.1) is 52.4 Å². The fourth-order valence-electron chi connectivity index (χ4n) is 8.00. The smallest absolute Gasteiger partial charge is 0.0828 e. The third kappa shape index (κ3) is 1.96. The second kappa shape index (κ2) is 5.33. The molecule has 0 aromatic carbocycles. The zero-order valence-electron chi connectivity index (χ0n) is 17.0. The molecule has 136 valence electrons. The van der Waals surface area contributed by atoms with E-state index in [0.29, 0.717) is 5.41 Å². The molecular weight excluding hydrogens is 292 g/mol. The molecular formula is C22H40N2+2. The quantitative estimate of drug-likeness (QED) is 0.543. The molecule has 2 saturated heterocycles. The van der Waals surface area contributed by atoms with Gasteiger partial charge in [-0.25, -0.2) is 0 Å². The summed E-state index contributed by atoms with van der Waals surface area (Å²) in [6, 6.07) is 0. The molecule has 4 unspecified atom stereocenters. The second-order valence-corrected chi connectivity index (χ2v) is 10.00. The van der Waals surface area contributed by atoms with Crippen molar-refractivity contribution in [3.63, 3.8) is 0 Å². The van der Waals surface area contributed by atoms with Crippen molar-refractivity contribution in [3.05, 3.63) is 11.6 Å². The van der Waals surface area contributed by atoms with Crippen LogP contribution in [0.5, 0.6) is 0 Å². The van der Waals surface area contributed by atoms with Gasteiger partial charge in [0.1, 0.15) is 0 Å². The third-order valence-electron chi connectivity index (χ3n) is 9.67. The molecule has 0 aromatic heterocycles. The minimum Gasteiger partial charge on any atom is -0.324 e. The van der Waals surface area contributed by atoms with Crippen molar-refractivity contribution in [3.8, 4) is 0 Å². The highest BCUT2D eigenvalue weighted by molar-refractivity contribution is 5.28. The Morgan fingerprint density at radius 3 is 1.62 bits per heavy atom. The molecule has 0 spiro atoms. The molecule has 0 amide bonds. The molecule has 0 radical (unpaired) electrons. The van der Waals surface area contributed by atoms with Gasteiger partial charge >= 0.3 is 0 Å². The van der Waals surface area contributed by atoms with Crippen LogP contribution in [0.15, 0.2) is 11.6 Å². The highest BCUT2D eigenvalue weighted by atomic mass is 15.4. The molecule has 2 bridgehead atoms. The minimum atomic E-state index is 0.475. The van der Waals surface area contributed by atoms with Crippen LogP contribution in [0.3, 0.4) is 0 Å². The average molecular weight is 333 g/mol. The van der Waals surface area contributed by atoms with Crippen LogP contribution in [-0.2, 0) is 0 Å². The lowest BCUT2D eigenvalue weighted by Gasteiger charge is -2.54. The Labute approximate surface area is 150 Å². The summed E-state index contributed by atoms with van der Waals surface area (Å²) in [5.41, 5.74) is 2.24. The monoisotopic (exact) mass is 332 g/mol. The Morgan fingerprint density at radius 1 is 0.833 bits per heavy atom. The Hall–Kier alpha value is -0.340. The van der Waals surface area contributed by atoms with Gasteiger partial charge in [0.25, 0.3) is 0 Å². The van der Waals surface area contributed by atoms with Gasteiger partial charge in [0.2, 0.25) is 0 Å². The van der Waals surface area contributed by atoms with E-state index < -0.39 is 0 Å². The molecule has 5 aliphatic rings. The predicted octanol–water partition coefficient (Wildman–Crippen LogP) is 3.79. The zero-order valence-corrected chi connectivity index (χ0v) is 17.0. The SMILES string of the molecule is CC[N+]1(CC)CC2C3C(C)=CC(C)(C2C1)C1C[N+](CC)(CC)CC31. The van der Waals surface area contributed by atoms with Crippen molar-refractivity contribution in [2.24, 2.45) is 35.0 Å². The van der Waals surface area contributed by atoms with E-state index >= 15 is 0 Å². The predicted molar refractivity (Wildman–Crippen MR) is 101 cm³/mol. The summed E-state index contributed by atoms with van der Waals surface area (Å²) in [6.45, 7) is 26.1. The molecule has 5 rings (SSSR count). The number of likely N-dealkylation sites (tertiary alicyclic amines) is 2. The summed E-state index contributed by atoms with van der Waals surface area (Å²) in [7, 11) is 0. The third-order valence-corrected chi connectivity index (χ3v) is 9.67. The van der Waals surface area contributed by atoms with Crippen LogP contribution >= 0.6 is 0 Å². The summed E-state index contributed by atoms with van der Waals surface area (Å²) in [6.07, 6.45) is 2.77. The lowest BCUT2D eigenvalue weighted by molar-refractivity contribution is -0.918. The van der Waals surface area contributed by atoms with Gasteiger partial charge in [0, 0.05) is 29.1 Å². The van der Waals surface area contributed by atoms with E-state index in [9.17, 15) is 0 Å². The summed E-state index contributed by atoms with van der Waals surface area (Å²) in [5.74, 6) is 4.73. The fourth-order valence-corrected chi connectivity index (χ4v) is 8.00. The first-order valence-electron chi connectivity index (χ1n) is 10.8. The summed E-state index contributed by atoms with van der Waals surface area (Å²) in [5, 5.41) is 0. The maximum Gasteiger partial charge on any atom is 0.0828 e. The van der Waals surface area contributed by atoms with Gasteiger partial charge in [-0.05, 0) is 40.5 Å². The van der Waals surface area contributed by atoms with Crippen LogP contribution < -0.4 is 0 Å². The fraction of sp³-hybridized carbons (Fsp3) is 0.909. The van der Waals surface area contributed by atoms with Crippen molar-refractivity contribution in [1.82, 2.24) is 0 Å². The van der Waals surface area contributed by atoms with Gasteiger partial charge in [-0.1, -0.05) is 18.6 Å². The highest BCUT2D eigenvalue weighted by Gasteiger charge is 2.69. The van der Waals surface area contributed by atoms with Crippen LogP contribution in [0.1, 0.15) is 41.5 Å². The van der Waals surface area contributed by atoms with E-state index in [1.54, 1.807) is 5.57 Å². The first-order chi connectivity index (χ1) is 11.4. The molecule has 3 aliphatic carbocycles. The van der Waals surface area contributed by atoms with Crippen molar-refractivity contribution >= 4 is 0 Å². The minimum absolute atomic E-state index is 0.475. The number of hydrogen-bond donors (Lipinski definition) is 0. The maximum absolute atomic E-state index is 2.77. The molecule has 3 fully saturated rings. The Kier molecular flexibility index (Phi) is 3.80. The molecule has 2 heterocycles. The molecule has 2 heteroatoms. The van der Waals surface area contributed by atoms with Crippen molar-refractivity contribution in [1.29, 1.82) is 0 Å².